The third kappa shape index (κ3) is 7.54. The molecule has 0 unspecified atom stereocenters. The van der Waals surface area contributed by atoms with Crippen molar-refractivity contribution in [2.45, 2.75) is 116 Å². The van der Waals surface area contributed by atoms with Gasteiger partial charge in [-0.3, -0.25) is 24.2 Å². The average molecular weight is 642 g/mol. The van der Waals surface area contributed by atoms with Gasteiger partial charge < -0.3 is 14.7 Å². The molecule has 1 aliphatic carbocycles. The molecule has 0 aromatic heterocycles. The Labute approximate surface area is 276 Å². The van der Waals surface area contributed by atoms with E-state index < -0.39 is 6.04 Å². The molecule has 0 spiro atoms. The highest BCUT2D eigenvalue weighted by Crippen LogP contribution is 2.40. The smallest absolute Gasteiger partial charge is 0.245 e. The van der Waals surface area contributed by atoms with Crippen LogP contribution in [0.3, 0.4) is 0 Å². The summed E-state index contributed by atoms with van der Waals surface area (Å²) in [4.78, 5) is 53.2. The Bertz CT molecular complexity index is 1200. The van der Waals surface area contributed by atoms with Gasteiger partial charge in [-0.05, 0) is 90.3 Å². The molecule has 3 aliphatic heterocycles. The molecule has 1 aromatic carbocycles. The summed E-state index contributed by atoms with van der Waals surface area (Å²) in [6, 6.07) is 7.82. The van der Waals surface area contributed by atoms with Crippen molar-refractivity contribution in [3.05, 3.63) is 34.9 Å². The highest BCUT2D eigenvalue weighted by atomic mass is 35.5. The summed E-state index contributed by atoms with van der Waals surface area (Å²) in [6.07, 6.45) is 4.72. The average Bonchev–Trinajstić information content (AvgIpc) is 3.64. The Balaban J connectivity index is 1.44. The second-order valence-corrected chi connectivity index (χ2v) is 16.0. The Hall–Kier alpha value is -2.16. The third-order valence-electron chi connectivity index (χ3n) is 11.2. The van der Waals surface area contributed by atoms with E-state index >= 15 is 0 Å². The van der Waals surface area contributed by atoms with Crippen molar-refractivity contribution < 1.29 is 14.4 Å². The Morgan fingerprint density at radius 1 is 0.867 bits per heavy atom. The van der Waals surface area contributed by atoms with E-state index in [0.717, 1.165) is 50.9 Å². The van der Waals surface area contributed by atoms with E-state index in [1.54, 1.807) is 6.92 Å². The van der Waals surface area contributed by atoms with Gasteiger partial charge in [-0.1, -0.05) is 30.7 Å². The summed E-state index contributed by atoms with van der Waals surface area (Å²) in [5.74, 6) is 0.548. The van der Waals surface area contributed by atoms with Crippen molar-refractivity contribution in [1.82, 2.24) is 24.5 Å². The maximum Gasteiger partial charge on any atom is 0.245 e. The number of carbonyl (C=O) groups is 3. The van der Waals surface area contributed by atoms with Crippen LogP contribution in [-0.4, -0.2) is 118 Å². The maximum absolute atomic E-state index is 14.9. The van der Waals surface area contributed by atoms with Gasteiger partial charge >= 0.3 is 0 Å². The summed E-state index contributed by atoms with van der Waals surface area (Å²) in [6.45, 7) is 19.8. The van der Waals surface area contributed by atoms with Crippen LogP contribution in [0, 0.1) is 11.8 Å². The van der Waals surface area contributed by atoms with Crippen molar-refractivity contribution in [2.24, 2.45) is 11.8 Å². The molecule has 5 rings (SSSR count). The third-order valence-corrected chi connectivity index (χ3v) is 11.5. The number of amides is 3. The fraction of sp³-hybridized carbons (Fsp3) is 0.750. The Morgan fingerprint density at radius 2 is 1.49 bits per heavy atom. The summed E-state index contributed by atoms with van der Waals surface area (Å²) < 4.78 is 0. The van der Waals surface area contributed by atoms with Crippen LogP contribution in [0.1, 0.15) is 92.1 Å². The number of piperazine rings is 1. The van der Waals surface area contributed by atoms with E-state index in [2.05, 4.69) is 56.2 Å². The fourth-order valence-corrected chi connectivity index (χ4v) is 8.48. The lowest BCUT2D eigenvalue weighted by atomic mass is 9.86. The highest BCUT2D eigenvalue weighted by Gasteiger charge is 2.50. The molecule has 1 saturated carbocycles. The van der Waals surface area contributed by atoms with Gasteiger partial charge in [-0.15, -0.1) is 0 Å². The fourth-order valence-electron chi connectivity index (χ4n) is 8.36. The van der Waals surface area contributed by atoms with E-state index in [4.69, 9.17) is 11.6 Å². The quantitative estimate of drug-likeness (QED) is 0.432. The summed E-state index contributed by atoms with van der Waals surface area (Å²) in [7, 11) is 0. The van der Waals surface area contributed by atoms with Crippen molar-refractivity contribution in [2.75, 3.05) is 45.8 Å². The van der Waals surface area contributed by atoms with Gasteiger partial charge in [0.2, 0.25) is 17.7 Å². The number of carbonyl (C=O) groups excluding carboxylic acids is 3. The standard InChI is InChI=1S/C36H56ClN5O3/c1-24(2)38-16-18-39(19-17-38)35(45)33-20-30(42(26(4)43)29-14-8-25(3)9-15-29)21-41(33)34(44)32-23-40(36(5,6)7)22-31(32)27-10-12-28(37)13-11-27/h10-13,24-25,29-33H,8-9,14-23H2,1-7H3/t25?,29?,30-,31-,32+,33+/m0/s1. The lowest BCUT2D eigenvalue weighted by Crippen LogP contribution is -2.56. The molecular weight excluding hydrogens is 586 g/mol. The van der Waals surface area contributed by atoms with Crippen molar-refractivity contribution in [3.8, 4) is 0 Å². The number of benzene rings is 1. The summed E-state index contributed by atoms with van der Waals surface area (Å²) in [5, 5.41) is 0.680. The van der Waals surface area contributed by atoms with Gasteiger partial charge in [0.15, 0.2) is 0 Å². The van der Waals surface area contributed by atoms with E-state index in [1.807, 2.05) is 34.1 Å². The van der Waals surface area contributed by atoms with Crippen LogP contribution in [0.4, 0.5) is 0 Å². The molecule has 1 aromatic rings. The summed E-state index contributed by atoms with van der Waals surface area (Å²) in [5.41, 5.74) is 1.01. The zero-order valence-corrected chi connectivity index (χ0v) is 29.4. The minimum absolute atomic E-state index is 0.00197. The van der Waals surface area contributed by atoms with Gasteiger partial charge in [-0.2, -0.15) is 0 Å². The number of halogens is 1. The SMILES string of the molecule is CC(=O)N(C1CCC(C)CC1)[C@H]1C[C@H](C(=O)N2CCN(C(C)C)CC2)N(C(=O)[C@@H]2CN(C(C)(C)C)C[C@H]2c2ccc(Cl)cc2)C1. The first kappa shape index (κ1) is 34.2. The van der Waals surface area contributed by atoms with Crippen molar-refractivity contribution >= 4 is 29.3 Å². The molecule has 8 nitrogen and oxygen atoms in total. The molecule has 0 bridgehead atoms. The molecule has 4 aliphatic rings. The second kappa shape index (κ2) is 13.9. The van der Waals surface area contributed by atoms with Crippen LogP contribution < -0.4 is 0 Å². The number of rotatable bonds is 6. The predicted octanol–water partition coefficient (Wildman–Crippen LogP) is 5.10. The minimum Gasteiger partial charge on any atom is -0.338 e. The van der Waals surface area contributed by atoms with E-state index in [-0.39, 0.29) is 47.2 Å². The Kier molecular flexibility index (Phi) is 10.6. The largest absolute Gasteiger partial charge is 0.338 e. The maximum atomic E-state index is 14.9. The molecule has 3 saturated heterocycles. The zero-order chi connectivity index (χ0) is 32.6. The van der Waals surface area contributed by atoms with Gasteiger partial charge in [0.1, 0.15) is 6.04 Å². The van der Waals surface area contributed by atoms with Crippen LogP contribution in [0.15, 0.2) is 24.3 Å². The molecule has 3 heterocycles. The monoisotopic (exact) mass is 641 g/mol. The first-order chi connectivity index (χ1) is 21.2. The number of hydrogen-bond acceptors (Lipinski definition) is 5. The molecule has 3 amide bonds. The van der Waals surface area contributed by atoms with Crippen molar-refractivity contribution in [3.63, 3.8) is 0 Å². The van der Waals surface area contributed by atoms with Gasteiger partial charge in [0.25, 0.3) is 0 Å². The van der Waals surface area contributed by atoms with Crippen molar-refractivity contribution in [1.29, 1.82) is 0 Å². The molecule has 4 atom stereocenters. The highest BCUT2D eigenvalue weighted by molar-refractivity contribution is 6.30. The topological polar surface area (TPSA) is 67.4 Å². The van der Waals surface area contributed by atoms with Crippen LogP contribution in [0.2, 0.25) is 5.02 Å². The minimum atomic E-state index is -0.549. The van der Waals surface area contributed by atoms with Gasteiger partial charge in [0.05, 0.1) is 12.0 Å². The predicted molar refractivity (Wildman–Crippen MR) is 180 cm³/mol. The van der Waals surface area contributed by atoms with Crippen LogP contribution in [0.25, 0.3) is 0 Å². The van der Waals surface area contributed by atoms with Crippen LogP contribution >= 0.6 is 11.6 Å². The van der Waals surface area contributed by atoms with Gasteiger partial charge in [-0.25, -0.2) is 0 Å². The van der Waals surface area contributed by atoms with E-state index in [1.165, 1.54) is 0 Å². The van der Waals surface area contributed by atoms with Crippen LogP contribution in [-0.2, 0) is 14.4 Å². The number of hydrogen-bond donors (Lipinski definition) is 0. The molecule has 4 fully saturated rings. The van der Waals surface area contributed by atoms with Crippen LogP contribution in [0.5, 0.6) is 0 Å². The molecule has 0 radical (unpaired) electrons. The van der Waals surface area contributed by atoms with Gasteiger partial charge in [0, 0.05) is 81.3 Å². The first-order valence-electron chi connectivity index (χ1n) is 17.4. The number of likely N-dealkylation sites (tertiary alicyclic amines) is 2. The normalized spacial score (nSPS) is 30.2. The van der Waals surface area contributed by atoms with E-state index in [0.29, 0.717) is 49.6 Å². The molecule has 45 heavy (non-hydrogen) atoms. The van der Waals surface area contributed by atoms with E-state index in [9.17, 15) is 14.4 Å². The lowest BCUT2D eigenvalue weighted by molar-refractivity contribution is -0.147. The number of nitrogens with zero attached hydrogens (tertiary/aromatic N) is 5. The first-order valence-corrected chi connectivity index (χ1v) is 17.7. The molecule has 0 N–H and O–H groups in total. The lowest BCUT2D eigenvalue weighted by Gasteiger charge is -2.39. The second-order valence-electron chi connectivity index (χ2n) is 15.5. The Morgan fingerprint density at radius 3 is 2.04 bits per heavy atom. The summed E-state index contributed by atoms with van der Waals surface area (Å²) >= 11 is 6.26. The zero-order valence-electron chi connectivity index (χ0n) is 28.7. The molecule has 9 heteroatoms. The molecule has 250 valence electrons. The molecular formula is C36H56ClN5O3.